The van der Waals surface area contributed by atoms with Gasteiger partial charge in [-0.15, -0.1) is 0 Å². The highest BCUT2D eigenvalue weighted by Gasteiger charge is 2.41. The van der Waals surface area contributed by atoms with Crippen LogP contribution in [-0.2, 0) is 37.3 Å². The van der Waals surface area contributed by atoms with Gasteiger partial charge in [-0.25, -0.2) is 9.67 Å². The number of fused-ring (bicyclic) bond motifs is 1. The van der Waals surface area contributed by atoms with Gasteiger partial charge in [-0.05, 0) is 50.6 Å². The van der Waals surface area contributed by atoms with E-state index in [0.29, 0.717) is 44.2 Å². The Bertz CT molecular complexity index is 1630. The highest BCUT2D eigenvalue weighted by molar-refractivity contribution is 5.91. The molecule has 0 bridgehead atoms. The van der Waals surface area contributed by atoms with Gasteiger partial charge >= 0.3 is 0 Å². The Morgan fingerprint density at radius 3 is 2.53 bits per heavy atom. The zero-order valence-corrected chi connectivity index (χ0v) is 25.9. The summed E-state index contributed by atoms with van der Waals surface area (Å²) >= 11 is 0. The number of carbonyl (C=O) groups is 1. The number of nitrogens with zero attached hydrogens (tertiary/aromatic N) is 3. The van der Waals surface area contributed by atoms with Crippen molar-refractivity contribution in [2.75, 3.05) is 39.6 Å². The topological polar surface area (TPSA) is 142 Å². The van der Waals surface area contributed by atoms with Crippen molar-refractivity contribution in [3.63, 3.8) is 0 Å². The molecule has 1 aliphatic heterocycles. The van der Waals surface area contributed by atoms with Gasteiger partial charge in [-0.1, -0.05) is 30.3 Å². The van der Waals surface area contributed by atoms with Crippen LogP contribution in [0.15, 0.2) is 71.2 Å². The number of allylic oxidation sites excluding steroid dienone is 1. The first-order chi connectivity index (χ1) is 21.9. The second-order valence-electron chi connectivity index (χ2n) is 10.8. The monoisotopic (exact) mass is 619 g/mol. The molecule has 0 fully saturated rings. The van der Waals surface area contributed by atoms with Crippen molar-refractivity contribution in [1.82, 2.24) is 24.6 Å². The van der Waals surface area contributed by atoms with Gasteiger partial charge in [-0.2, -0.15) is 0 Å². The number of imidazole rings is 1. The predicted molar refractivity (Wildman–Crippen MR) is 168 cm³/mol. The van der Waals surface area contributed by atoms with Crippen LogP contribution in [0.1, 0.15) is 36.3 Å². The number of para-hydroxylation sites is 3. The molecule has 3 N–H and O–H groups in total. The third kappa shape index (κ3) is 7.36. The van der Waals surface area contributed by atoms with Gasteiger partial charge in [0.2, 0.25) is 6.29 Å². The van der Waals surface area contributed by atoms with Gasteiger partial charge < -0.3 is 34.4 Å². The molecule has 3 heterocycles. The summed E-state index contributed by atoms with van der Waals surface area (Å²) < 4.78 is 26.8. The van der Waals surface area contributed by atoms with Crippen LogP contribution in [0.5, 0.6) is 0 Å². The molecular formula is C33H41N5O7. The van der Waals surface area contributed by atoms with E-state index in [-0.39, 0.29) is 37.0 Å². The highest BCUT2D eigenvalue weighted by Crippen LogP contribution is 2.39. The fourth-order valence-corrected chi connectivity index (χ4v) is 5.69. The molecule has 1 aliphatic rings. The van der Waals surface area contributed by atoms with E-state index in [0.717, 1.165) is 22.4 Å². The number of aliphatic hydroxyl groups is 1. The van der Waals surface area contributed by atoms with Crippen LogP contribution >= 0.6 is 0 Å². The number of hydrogen-bond donors (Lipinski definition) is 3. The Kier molecular flexibility index (Phi) is 10.8. The number of hydrogen-bond acceptors (Lipinski definition) is 8. The van der Waals surface area contributed by atoms with Crippen LogP contribution in [0.2, 0.25) is 0 Å². The minimum atomic E-state index is -0.796. The van der Waals surface area contributed by atoms with Crippen molar-refractivity contribution < 1.29 is 28.8 Å². The molecule has 2 aromatic carbocycles. The van der Waals surface area contributed by atoms with Gasteiger partial charge in [0.05, 0.1) is 49.7 Å². The first-order valence-electron chi connectivity index (χ1n) is 15.2. The van der Waals surface area contributed by atoms with Crippen molar-refractivity contribution in [3.05, 3.63) is 93.9 Å². The highest BCUT2D eigenvalue weighted by atomic mass is 16.7. The maximum atomic E-state index is 14.1. The number of ether oxygens (including phenoxy) is 4. The molecule has 0 unspecified atom stereocenters. The van der Waals surface area contributed by atoms with Crippen LogP contribution in [0, 0.1) is 12.8 Å². The molecule has 4 aromatic rings. The number of aromatic amines is 1. The summed E-state index contributed by atoms with van der Waals surface area (Å²) in [7, 11) is 1.85. The van der Waals surface area contributed by atoms with Gasteiger partial charge in [0.1, 0.15) is 5.82 Å². The molecule has 12 heteroatoms. The van der Waals surface area contributed by atoms with Crippen molar-refractivity contribution in [2.45, 2.75) is 39.0 Å². The SMILES string of the molecule is CCO[C@H]1OC(C(=O)NCc2nc3ccccc3[nH]2)=C[C@@H](c2c(C)n(C)n(-c3ccccc3)c2=O)[C@@H]1CCOCCOCCO. The summed E-state index contributed by atoms with van der Waals surface area (Å²) in [5, 5.41) is 11.8. The zero-order chi connectivity index (χ0) is 31.8. The number of aliphatic hydroxyl groups excluding tert-OH is 1. The van der Waals surface area contributed by atoms with Crippen LogP contribution in [0.3, 0.4) is 0 Å². The van der Waals surface area contributed by atoms with Crippen LogP contribution in [0.4, 0.5) is 0 Å². The number of carbonyl (C=O) groups excluding carboxylic acids is 1. The third-order valence-electron chi connectivity index (χ3n) is 7.93. The minimum Gasteiger partial charge on any atom is -0.459 e. The Morgan fingerprint density at radius 1 is 1.07 bits per heavy atom. The summed E-state index contributed by atoms with van der Waals surface area (Å²) in [4.78, 5) is 35.4. The fraction of sp³-hybridized carbons (Fsp3) is 0.424. The molecule has 0 saturated carbocycles. The maximum Gasteiger partial charge on any atom is 0.286 e. The van der Waals surface area contributed by atoms with Crippen molar-refractivity contribution >= 4 is 16.9 Å². The Labute approximate surface area is 261 Å². The average Bonchev–Trinajstić information content (AvgIpc) is 3.57. The van der Waals surface area contributed by atoms with Crippen LogP contribution in [-0.4, -0.2) is 76.3 Å². The number of aromatic nitrogens is 4. The second-order valence-corrected chi connectivity index (χ2v) is 10.8. The first kappa shape index (κ1) is 32.2. The summed E-state index contributed by atoms with van der Waals surface area (Å²) in [6, 6.07) is 17.1. The molecule has 1 amide bonds. The normalized spacial score (nSPS) is 18.1. The molecule has 240 valence electrons. The minimum absolute atomic E-state index is 0.0470. The molecule has 3 atom stereocenters. The number of nitrogens with one attached hydrogen (secondary N) is 2. The van der Waals surface area contributed by atoms with Gasteiger partial charge in [0.25, 0.3) is 11.5 Å². The standard InChI is InChI=1S/C33H41N5O7/c1-4-44-33-24(14-16-42-18-19-43-17-15-39)25(30-22(2)37(3)38(32(30)41)23-10-6-5-7-11-23)20-28(45-33)31(40)34-21-29-35-26-12-8-9-13-27(26)36-29/h5-13,20,24-25,33,39H,4,14-19,21H2,1-3H3,(H,34,40)(H,35,36)/t24-,25+,33-/m0/s1. The van der Waals surface area contributed by atoms with Crippen molar-refractivity contribution in [3.8, 4) is 5.69 Å². The molecule has 12 nitrogen and oxygen atoms in total. The lowest BCUT2D eigenvalue weighted by molar-refractivity contribution is -0.168. The van der Waals surface area contributed by atoms with Crippen LogP contribution < -0.4 is 10.9 Å². The molecule has 0 radical (unpaired) electrons. The van der Waals surface area contributed by atoms with Crippen molar-refractivity contribution in [1.29, 1.82) is 0 Å². The van der Waals surface area contributed by atoms with E-state index in [1.165, 1.54) is 0 Å². The summed E-state index contributed by atoms with van der Waals surface area (Å²) in [6.07, 6.45) is 1.44. The molecule has 0 spiro atoms. The summed E-state index contributed by atoms with van der Waals surface area (Å²) in [6.45, 7) is 5.55. The van der Waals surface area contributed by atoms with Crippen LogP contribution in [0.25, 0.3) is 16.7 Å². The number of benzene rings is 2. The molecule has 5 rings (SSSR count). The zero-order valence-electron chi connectivity index (χ0n) is 25.9. The Hall–Kier alpha value is -4.23. The van der Waals surface area contributed by atoms with E-state index < -0.39 is 18.1 Å². The lowest BCUT2D eigenvalue weighted by Crippen LogP contribution is -2.40. The van der Waals surface area contributed by atoms with E-state index in [1.807, 2.05) is 80.2 Å². The quantitative estimate of drug-likeness (QED) is 0.173. The number of H-pyrrole nitrogens is 1. The third-order valence-corrected chi connectivity index (χ3v) is 7.93. The van der Waals surface area contributed by atoms with E-state index in [1.54, 1.807) is 10.8 Å². The molecule has 0 saturated heterocycles. The molecular weight excluding hydrogens is 578 g/mol. The average molecular weight is 620 g/mol. The first-order valence-corrected chi connectivity index (χ1v) is 15.2. The largest absolute Gasteiger partial charge is 0.459 e. The smallest absolute Gasteiger partial charge is 0.286 e. The van der Waals surface area contributed by atoms with E-state index in [9.17, 15) is 9.59 Å². The summed E-state index contributed by atoms with van der Waals surface area (Å²) in [5.41, 5.74) is 3.59. The number of rotatable bonds is 15. The van der Waals surface area contributed by atoms with E-state index >= 15 is 0 Å². The van der Waals surface area contributed by atoms with Crippen molar-refractivity contribution in [2.24, 2.45) is 13.0 Å². The van der Waals surface area contributed by atoms with E-state index in [4.69, 9.17) is 24.1 Å². The molecule has 0 aliphatic carbocycles. The lowest BCUT2D eigenvalue weighted by atomic mass is 9.81. The second kappa shape index (κ2) is 15.2. The Balaban J connectivity index is 1.44. The lowest BCUT2D eigenvalue weighted by Gasteiger charge is -2.36. The van der Waals surface area contributed by atoms with Gasteiger partial charge in [0, 0.05) is 43.4 Å². The fourth-order valence-electron chi connectivity index (χ4n) is 5.69. The predicted octanol–water partition coefficient (Wildman–Crippen LogP) is 3.07. The number of amides is 1. The summed E-state index contributed by atoms with van der Waals surface area (Å²) in [5.74, 6) is -0.564. The van der Waals surface area contributed by atoms with Gasteiger partial charge in [-0.3, -0.25) is 14.3 Å². The molecule has 2 aromatic heterocycles. The van der Waals surface area contributed by atoms with E-state index in [2.05, 4.69) is 15.3 Å². The molecule has 45 heavy (non-hydrogen) atoms. The maximum absolute atomic E-state index is 14.1. The Morgan fingerprint density at radius 2 is 1.80 bits per heavy atom. The van der Waals surface area contributed by atoms with Gasteiger partial charge in [0.15, 0.2) is 5.76 Å².